The third-order valence-corrected chi connectivity index (χ3v) is 4.26. The summed E-state index contributed by atoms with van der Waals surface area (Å²) in [5.41, 5.74) is 1.60. The van der Waals surface area contributed by atoms with Crippen LogP contribution in [0, 0.1) is 0 Å². The highest BCUT2D eigenvalue weighted by Crippen LogP contribution is 2.27. The smallest absolute Gasteiger partial charge is 0.241 e. The van der Waals surface area contributed by atoms with E-state index >= 15 is 0 Å². The Hall–Kier alpha value is -2.99. The fourth-order valence-corrected chi connectivity index (χ4v) is 2.69. The van der Waals surface area contributed by atoms with Crippen LogP contribution in [0.5, 0.6) is 0 Å². The van der Waals surface area contributed by atoms with E-state index in [2.05, 4.69) is 33.0 Å². The molecule has 0 aliphatic carbocycles. The van der Waals surface area contributed by atoms with Crippen LogP contribution in [-0.4, -0.2) is 27.1 Å². The van der Waals surface area contributed by atoms with Crippen molar-refractivity contribution >= 4 is 11.0 Å². The van der Waals surface area contributed by atoms with E-state index in [-0.39, 0.29) is 6.04 Å². The van der Waals surface area contributed by atoms with E-state index in [0.29, 0.717) is 24.0 Å². The number of furan rings is 1. The zero-order valence-electron chi connectivity index (χ0n) is 14.1. The highest BCUT2D eigenvalue weighted by molar-refractivity contribution is 5.77. The SMILES string of the molecule is C[C@@H](c1cc2ccccc2o1)N(C)Cc1nc(-c2ccccn2)no1. The number of hydrogen-bond donors (Lipinski definition) is 0. The predicted molar refractivity (Wildman–Crippen MR) is 93.6 cm³/mol. The maximum atomic E-state index is 5.94. The summed E-state index contributed by atoms with van der Waals surface area (Å²) in [6.07, 6.45) is 1.71. The molecule has 0 radical (unpaired) electrons. The largest absolute Gasteiger partial charge is 0.459 e. The maximum absolute atomic E-state index is 5.94. The minimum Gasteiger partial charge on any atom is -0.459 e. The van der Waals surface area contributed by atoms with E-state index in [0.717, 1.165) is 16.7 Å². The first kappa shape index (κ1) is 15.5. The molecule has 0 aliphatic rings. The topological polar surface area (TPSA) is 68.2 Å². The van der Waals surface area contributed by atoms with Gasteiger partial charge in [0.25, 0.3) is 0 Å². The number of fused-ring (bicyclic) bond motifs is 1. The molecule has 3 aromatic heterocycles. The third-order valence-electron chi connectivity index (χ3n) is 4.26. The summed E-state index contributed by atoms with van der Waals surface area (Å²) < 4.78 is 11.3. The molecule has 1 aromatic carbocycles. The molecule has 0 bridgehead atoms. The second kappa shape index (κ2) is 6.49. The highest BCUT2D eigenvalue weighted by Gasteiger charge is 2.19. The molecule has 1 atom stereocenters. The Morgan fingerprint density at radius 3 is 2.76 bits per heavy atom. The van der Waals surface area contributed by atoms with E-state index < -0.39 is 0 Å². The van der Waals surface area contributed by atoms with Gasteiger partial charge < -0.3 is 8.94 Å². The Kier molecular flexibility index (Phi) is 4.03. The summed E-state index contributed by atoms with van der Waals surface area (Å²) in [7, 11) is 2.00. The molecule has 0 fully saturated rings. The van der Waals surface area contributed by atoms with Crippen molar-refractivity contribution in [2.75, 3.05) is 7.05 Å². The number of benzene rings is 1. The van der Waals surface area contributed by atoms with Gasteiger partial charge in [-0.25, -0.2) is 0 Å². The lowest BCUT2D eigenvalue weighted by atomic mass is 10.2. The van der Waals surface area contributed by atoms with E-state index in [1.54, 1.807) is 6.20 Å². The summed E-state index contributed by atoms with van der Waals surface area (Å²) in [6.45, 7) is 2.62. The van der Waals surface area contributed by atoms with Gasteiger partial charge in [0, 0.05) is 11.6 Å². The summed E-state index contributed by atoms with van der Waals surface area (Å²) >= 11 is 0. The predicted octanol–water partition coefficient (Wildman–Crippen LogP) is 4.07. The standard InChI is InChI=1S/C19H18N4O2/c1-13(17-11-14-7-3-4-9-16(14)24-17)23(2)12-18-21-19(22-25-18)15-8-5-6-10-20-15/h3-11,13H,12H2,1-2H3/t13-/m0/s1. The van der Waals surface area contributed by atoms with Crippen molar-refractivity contribution in [2.45, 2.75) is 19.5 Å². The molecule has 0 amide bonds. The molecule has 0 saturated carbocycles. The van der Waals surface area contributed by atoms with Crippen molar-refractivity contribution in [1.29, 1.82) is 0 Å². The molecule has 0 aliphatic heterocycles. The molecule has 0 saturated heterocycles. The van der Waals surface area contributed by atoms with Gasteiger partial charge in [-0.15, -0.1) is 0 Å². The summed E-state index contributed by atoms with van der Waals surface area (Å²) in [5.74, 6) is 1.96. The number of para-hydroxylation sites is 1. The van der Waals surface area contributed by atoms with Gasteiger partial charge in [-0.2, -0.15) is 4.98 Å². The normalized spacial score (nSPS) is 12.8. The van der Waals surface area contributed by atoms with Crippen LogP contribution in [0.3, 0.4) is 0 Å². The maximum Gasteiger partial charge on any atom is 0.241 e. The fraction of sp³-hybridized carbons (Fsp3) is 0.211. The molecular formula is C19H18N4O2. The monoisotopic (exact) mass is 334 g/mol. The van der Waals surface area contributed by atoms with Crippen molar-refractivity contribution in [3.05, 3.63) is 66.4 Å². The minimum absolute atomic E-state index is 0.0811. The van der Waals surface area contributed by atoms with Gasteiger partial charge >= 0.3 is 0 Å². The molecule has 0 spiro atoms. The molecule has 4 rings (SSSR count). The van der Waals surface area contributed by atoms with Crippen molar-refractivity contribution < 1.29 is 8.94 Å². The molecular weight excluding hydrogens is 316 g/mol. The van der Waals surface area contributed by atoms with Crippen LogP contribution < -0.4 is 0 Å². The van der Waals surface area contributed by atoms with Crippen LogP contribution in [-0.2, 0) is 6.54 Å². The minimum atomic E-state index is 0.0811. The Labute approximate surface area is 145 Å². The number of rotatable bonds is 5. The Morgan fingerprint density at radius 1 is 1.12 bits per heavy atom. The Balaban J connectivity index is 1.49. The Morgan fingerprint density at radius 2 is 1.96 bits per heavy atom. The summed E-state index contributed by atoms with van der Waals surface area (Å²) in [6, 6.07) is 15.8. The van der Waals surface area contributed by atoms with Crippen LogP contribution in [0.15, 0.2) is 63.7 Å². The van der Waals surface area contributed by atoms with Crippen LogP contribution in [0.1, 0.15) is 24.6 Å². The van der Waals surface area contributed by atoms with Gasteiger partial charge in [0.15, 0.2) is 0 Å². The molecule has 126 valence electrons. The van der Waals surface area contributed by atoms with E-state index in [9.17, 15) is 0 Å². The van der Waals surface area contributed by atoms with Gasteiger partial charge in [-0.3, -0.25) is 9.88 Å². The second-order valence-electron chi connectivity index (χ2n) is 6.00. The molecule has 4 aromatic rings. The van der Waals surface area contributed by atoms with Gasteiger partial charge in [-0.1, -0.05) is 29.4 Å². The van der Waals surface area contributed by atoms with Crippen LogP contribution in [0.4, 0.5) is 0 Å². The van der Waals surface area contributed by atoms with Crippen molar-refractivity contribution in [3.8, 4) is 11.5 Å². The highest BCUT2D eigenvalue weighted by atomic mass is 16.5. The van der Waals surface area contributed by atoms with Crippen LogP contribution in [0.25, 0.3) is 22.5 Å². The molecule has 0 unspecified atom stereocenters. The fourth-order valence-electron chi connectivity index (χ4n) is 2.69. The van der Waals surface area contributed by atoms with Gasteiger partial charge in [-0.05, 0) is 38.2 Å². The quantitative estimate of drug-likeness (QED) is 0.548. The first-order chi connectivity index (χ1) is 12.2. The van der Waals surface area contributed by atoms with E-state index in [1.807, 2.05) is 49.5 Å². The number of aromatic nitrogens is 3. The number of pyridine rings is 1. The van der Waals surface area contributed by atoms with E-state index in [4.69, 9.17) is 8.94 Å². The molecule has 25 heavy (non-hydrogen) atoms. The third kappa shape index (κ3) is 3.16. The summed E-state index contributed by atoms with van der Waals surface area (Å²) in [4.78, 5) is 10.8. The van der Waals surface area contributed by atoms with E-state index in [1.165, 1.54) is 0 Å². The first-order valence-corrected chi connectivity index (χ1v) is 8.13. The van der Waals surface area contributed by atoms with Crippen LogP contribution in [0.2, 0.25) is 0 Å². The average Bonchev–Trinajstić information content (AvgIpc) is 3.28. The van der Waals surface area contributed by atoms with Crippen molar-refractivity contribution in [3.63, 3.8) is 0 Å². The van der Waals surface area contributed by atoms with Crippen LogP contribution >= 0.6 is 0 Å². The van der Waals surface area contributed by atoms with Crippen molar-refractivity contribution in [2.24, 2.45) is 0 Å². The molecule has 0 N–H and O–H groups in total. The van der Waals surface area contributed by atoms with Gasteiger partial charge in [0.1, 0.15) is 17.0 Å². The molecule has 6 nitrogen and oxygen atoms in total. The Bertz CT molecular complexity index is 944. The summed E-state index contributed by atoms with van der Waals surface area (Å²) in [5, 5.41) is 5.11. The van der Waals surface area contributed by atoms with Gasteiger partial charge in [0.2, 0.25) is 11.7 Å². The first-order valence-electron chi connectivity index (χ1n) is 8.13. The number of nitrogens with zero attached hydrogens (tertiary/aromatic N) is 4. The molecule has 3 heterocycles. The lowest BCUT2D eigenvalue weighted by Gasteiger charge is -2.20. The zero-order chi connectivity index (χ0) is 17.2. The van der Waals surface area contributed by atoms with Crippen molar-refractivity contribution in [1.82, 2.24) is 20.0 Å². The van der Waals surface area contributed by atoms with Gasteiger partial charge in [0.05, 0.1) is 12.6 Å². The lowest BCUT2D eigenvalue weighted by molar-refractivity contribution is 0.198. The number of hydrogen-bond acceptors (Lipinski definition) is 6. The molecule has 6 heteroatoms. The lowest BCUT2D eigenvalue weighted by Crippen LogP contribution is -2.21. The second-order valence-corrected chi connectivity index (χ2v) is 6.00. The zero-order valence-corrected chi connectivity index (χ0v) is 14.1. The average molecular weight is 334 g/mol.